The summed E-state index contributed by atoms with van der Waals surface area (Å²) in [4.78, 5) is 32.2. The maximum atomic E-state index is 13.0. The van der Waals surface area contributed by atoms with Gasteiger partial charge in [0.25, 0.3) is 5.91 Å². The first kappa shape index (κ1) is 19.7. The minimum Gasteiger partial charge on any atom is -0.396 e. The fourth-order valence-corrected chi connectivity index (χ4v) is 3.86. The molecule has 1 aliphatic heterocycles. The van der Waals surface area contributed by atoms with Crippen LogP contribution in [0.4, 0.5) is 0 Å². The van der Waals surface area contributed by atoms with Crippen molar-refractivity contribution in [3.8, 4) is 0 Å². The molecule has 0 aromatic carbocycles. The Balaban J connectivity index is 2.06. The van der Waals surface area contributed by atoms with Gasteiger partial charge in [0.1, 0.15) is 5.69 Å². The van der Waals surface area contributed by atoms with Gasteiger partial charge in [-0.1, -0.05) is 6.92 Å². The number of carbonyl (C=O) groups excluding carboxylic acids is 2. The monoisotopic (exact) mass is 349 g/mol. The van der Waals surface area contributed by atoms with Crippen LogP contribution in [0.2, 0.25) is 0 Å². The molecule has 1 amide bonds. The highest BCUT2D eigenvalue weighted by atomic mass is 16.3. The molecule has 2 heterocycles. The number of aryl methyl sites for hydroxylation is 1. The quantitative estimate of drug-likeness (QED) is 0.738. The van der Waals surface area contributed by atoms with E-state index in [1.54, 1.807) is 6.92 Å². The number of piperidine rings is 1. The number of rotatable bonds is 7. The summed E-state index contributed by atoms with van der Waals surface area (Å²) in [6.07, 6.45) is 3.33. The summed E-state index contributed by atoms with van der Waals surface area (Å²) in [5.74, 6) is 0.0118. The van der Waals surface area contributed by atoms with Gasteiger partial charge in [-0.15, -0.1) is 0 Å². The zero-order valence-electron chi connectivity index (χ0n) is 15.9. The first-order valence-corrected chi connectivity index (χ1v) is 9.23. The van der Waals surface area contributed by atoms with Gasteiger partial charge in [-0.25, -0.2) is 0 Å². The topological polar surface area (TPSA) is 76.6 Å². The number of amides is 1. The summed E-state index contributed by atoms with van der Waals surface area (Å²) >= 11 is 0. The fourth-order valence-electron chi connectivity index (χ4n) is 3.86. The number of hydrogen-bond donors (Lipinski definition) is 2. The van der Waals surface area contributed by atoms with E-state index in [-0.39, 0.29) is 18.3 Å². The Kier molecular flexibility index (Phi) is 6.79. The van der Waals surface area contributed by atoms with E-state index in [4.69, 9.17) is 5.11 Å². The lowest BCUT2D eigenvalue weighted by Gasteiger charge is -2.36. The van der Waals surface area contributed by atoms with E-state index in [1.165, 1.54) is 0 Å². The summed E-state index contributed by atoms with van der Waals surface area (Å²) in [7, 11) is 2.08. The molecule has 6 heteroatoms. The third kappa shape index (κ3) is 4.30. The largest absolute Gasteiger partial charge is 0.396 e. The third-order valence-electron chi connectivity index (χ3n) is 5.25. The van der Waals surface area contributed by atoms with Gasteiger partial charge in [0.15, 0.2) is 5.78 Å². The van der Waals surface area contributed by atoms with Crippen molar-refractivity contribution < 1.29 is 14.7 Å². The van der Waals surface area contributed by atoms with E-state index < -0.39 is 0 Å². The molecule has 0 saturated carbocycles. The number of aliphatic hydroxyl groups is 1. The minimum atomic E-state index is 0.00362. The molecule has 140 valence electrons. The number of Topliss-reactive ketones (excluding diaryl/α,β-unsaturated/α-hetero) is 1. The second-order valence-corrected chi connectivity index (χ2v) is 6.97. The summed E-state index contributed by atoms with van der Waals surface area (Å²) in [5.41, 5.74) is 2.88. The molecule has 1 aromatic heterocycles. The van der Waals surface area contributed by atoms with E-state index >= 15 is 0 Å². The third-order valence-corrected chi connectivity index (χ3v) is 5.25. The van der Waals surface area contributed by atoms with E-state index in [1.807, 2.05) is 18.7 Å². The van der Waals surface area contributed by atoms with Gasteiger partial charge in [0.05, 0.1) is 0 Å². The number of carbonyl (C=O) groups is 2. The molecule has 0 spiro atoms. The predicted octanol–water partition coefficient (Wildman–Crippen LogP) is 2.01. The van der Waals surface area contributed by atoms with Crippen LogP contribution in [0.15, 0.2) is 0 Å². The van der Waals surface area contributed by atoms with Crippen LogP contribution >= 0.6 is 0 Å². The second kappa shape index (κ2) is 8.63. The number of aromatic nitrogens is 1. The number of nitrogens with one attached hydrogen (secondary N) is 1. The fraction of sp³-hybridized carbons (Fsp3) is 0.684. The van der Waals surface area contributed by atoms with Gasteiger partial charge in [-0.05, 0) is 52.1 Å². The van der Waals surface area contributed by atoms with Crippen LogP contribution < -0.4 is 0 Å². The predicted molar refractivity (Wildman–Crippen MR) is 98.2 cm³/mol. The van der Waals surface area contributed by atoms with Crippen LogP contribution in [0.25, 0.3) is 0 Å². The van der Waals surface area contributed by atoms with Crippen molar-refractivity contribution in [2.75, 3.05) is 33.3 Å². The van der Waals surface area contributed by atoms with Crippen LogP contribution in [0.3, 0.4) is 0 Å². The molecule has 1 saturated heterocycles. The molecule has 25 heavy (non-hydrogen) atoms. The van der Waals surface area contributed by atoms with Gasteiger partial charge in [-0.3, -0.25) is 9.59 Å². The minimum absolute atomic E-state index is 0.00362. The van der Waals surface area contributed by atoms with Crippen molar-refractivity contribution in [2.24, 2.45) is 0 Å². The highest BCUT2D eigenvalue weighted by Gasteiger charge is 2.29. The average molecular weight is 349 g/mol. The van der Waals surface area contributed by atoms with Crippen molar-refractivity contribution in [1.29, 1.82) is 0 Å². The Hall–Kier alpha value is -1.66. The number of hydrogen-bond acceptors (Lipinski definition) is 4. The number of likely N-dealkylation sites (tertiary alicyclic amines) is 1. The molecule has 0 radical (unpaired) electrons. The molecule has 1 aliphatic rings. The maximum Gasteiger partial charge on any atom is 0.270 e. The molecule has 0 unspecified atom stereocenters. The van der Waals surface area contributed by atoms with Crippen molar-refractivity contribution in [1.82, 2.24) is 14.8 Å². The Morgan fingerprint density at radius 3 is 2.48 bits per heavy atom. The van der Waals surface area contributed by atoms with Gasteiger partial charge in [0, 0.05) is 43.5 Å². The average Bonchev–Trinajstić information content (AvgIpc) is 2.95. The second-order valence-electron chi connectivity index (χ2n) is 6.97. The highest BCUT2D eigenvalue weighted by molar-refractivity contribution is 6.02. The van der Waals surface area contributed by atoms with Gasteiger partial charge >= 0.3 is 0 Å². The van der Waals surface area contributed by atoms with Crippen LogP contribution in [-0.2, 0) is 6.42 Å². The molecule has 0 aliphatic carbocycles. The molecule has 2 rings (SSSR count). The molecule has 2 N–H and O–H groups in total. The zero-order chi connectivity index (χ0) is 18.6. The van der Waals surface area contributed by atoms with E-state index in [0.29, 0.717) is 23.7 Å². The van der Waals surface area contributed by atoms with Crippen molar-refractivity contribution >= 4 is 11.7 Å². The summed E-state index contributed by atoms with van der Waals surface area (Å²) in [5, 5.41) is 8.96. The Labute approximate surface area is 150 Å². The summed E-state index contributed by atoms with van der Waals surface area (Å²) in [6.45, 7) is 7.94. The molecule has 1 fully saturated rings. The van der Waals surface area contributed by atoms with Crippen molar-refractivity contribution in [2.45, 2.75) is 52.5 Å². The van der Waals surface area contributed by atoms with Crippen LogP contribution in [0.1, 0.15) is 65.2 Å². The number of aliphatic hydroxyl groups excluding tert-OH is 1. The van der Waals surface area contributed by atoms with E-state index in [0.717, 1.165) is 50.2 Å². The maximum absolute atomic E-state index is 13.0. The van der Waals surface area contributed by atoms with Crippen LogP contribution in [0.5, 0.6) is 0 Å². The highest BCUT2D eigenvalue weighted by Crippen LogP contribution is 2.24. The molecule has 6 nitrogen and oxygen atoms in total. The summed E-state index contributed by atoms with van der Waals surface area (Å²) < 4.78 is 0. The van der Waals surface area contributed by atoms with Gasteiger partial charge < -0.3 is 19.9 Å². The number of nitrogens with zero attached hydrogens (tertiary/aromatic N) is 2. The lowest BCUT2D eigenvalue weighted by Crippen LogP contribution is -2.46. The Morgan fingerprint density at radius 1 is 1.32 bits per heavy atom. The van der Waals surface area contributed by atoms with Crippen molar-refractivity contribution in [3.63, 3.8) is 0 Å². The van der Waals surface area contributed by atoms with Gasteiger partial charge in [-0.2, -0.15) is 0 Å². The molecule has 0 atom stereocenters. The Morgan fingerprint density at radius 2 is 1.96 bits per heavy atom. The van der Waals surface area contributed by atoms with Crippen molar-refractivity contribution in [3.05, 3.63) is 22.5 Å². The zero-order valence-corrected chi connectivity index (χ0v) is 15.9. The van der Waals surface area contributed by atoms with E-state index in [2.05, 4.69) is 16.9 Å². The normalized spacial score (nSPS) is 15.8. The first-order chi connectivity index (χ1) is 11.9. The molecular formula is C19H31N3O3. The SMILES string of the molecule is CCc1c(C(=O)N2CCC(N(C)CCCO)CC2)[nH]c(C)c1C(C)=O. The first-order valence-electron chi connectivity index (χ1n) is 9.23. The van der Waals surface area contributed by atoms with E-state index in [9.17, 15) is 9.59 Å². The molecule has 1 aromatic rings. The summed E-state index contributed by atoms with van der Waals surface area (Å²) in [6, 6.07) is 0.458. The lowest BCUT2D eigenvalue weighted by atomic mass is 10.0. The smallest absolute Gasteiger partial charge is 0.270 e. The van der Waals surface area contributed by atoms with Gasteiger partial charge in [0.2, 0.25) is 0 Å². The number of aromatic amines is 1. The molecular weight excluding hydrogens is 318 g/mol. The Bertz CT molecular complexity index is 616. The standard InChI is InChI=1S/C19H31N3O3/c1-5-16-17(14(3)24)13(2)20-18(16)19(25)22-10-7-15(8-11-22)21(4)9-6-12-23/h15,20,23H,5-12H2,1-4H3. The van der Waals surface area contributed by atoms with Crippen LogP contribution in [0, 0.1) is 6.92 Å². The van der Waals surface area contributed by atoms with Crippen LogP contribution in [-0.4, -0.2) is 70.9 Å². The number of ketones is 1. The lowest BCUT2D eigenvalue weighted by molar-refractivity contribution is 0.0635. The molecule has 0 bridgehead atoms. The number of H-pyrrole nitrogens is 1.